The molecule has 0 heterocycles. The Kier molecular flexibility index (Phi) is 6.15. The van der Waals surface area contributed by atoms with Gasteiger partial charge in [0.1, 0.15) is 0 Å². The van der Waals surface area contributed by atoms with Crippen molar-refractivity contribution in [1.82, 2.24) is 5.32 Å². The van der Waals surface area contributed by atoms with E-state index in [1.807, 2.05) is 0 Å². The molecule has 0 saturated heterocycles. The van der Waals surface area contributed by atoms with Gasteiger partial charge in [-0.05, 0) is 44.2 Å². The minimum Gasteiger partial charge on any atom is -0.396 e. The Morgan fingerprint density at radius 1 is 1.36 bits per heavy atom. The van der Waals surface area contributed by atoms with E-state index in [2.05, 4.69) is 5.32 Å². The Balaban J connectivity index is 2.00. The molecule has 2 N–H and O–H groups in total. The Morgan fingerprint density at radius 2 is 2.14 bits per heavy atom. The highest BCUT2D eigenvalue weighted by molar-refractivity contribution is 4.78. The Morgan fingerprint density at radius 3 is 2.86 bits per heavy atom. The topological polar surface area (TPSA) is 41.5 Å². The molecule has 1 aliphatic rings. The molecule has 0 spiro atoms. The van der Waals surface area contributed by atoms with Gasteiger partial charge in [0.2, 0.25) is 0 Å². The molecule has 0 aromatic carbocycles. The van der Waals surface area contributed by atoms with E-state index in [4.69, 9.17) is 9.84 Å². The molecule has 1 fully saturated rings. The summed E-state index contributed by atoms with van der Waals surface area (Å²) < 4.78 is 4.98. The van der Waals surface area contributed by atoms with Crippen molar-refractivity contribution in [2.24, 2.45) is 11.8 Å². The number of hydrogen-bond acceptors (Lipinski definition) is 3. The Bertz CT molecular complexity index is 141. The third-order valence-corrected chi connectivity index (χ3v) is 3.16. The summed E-state index contributed by atoms with van der Waals surface area (Å²) in [5.41, 5.74) is 0. The van der Waals surface area contributed by atoms with Crippen molar-refractivity contribution >= 4 is 0 Å². The molecule has 2 atom stereocenters. The monoisotopic (exact) mass is 201 g/mol. The molecule has 1 saturated carbocycles. The highest BCUT2D eigenvalue weighted by Gasteiger charge is 2.25. The van der Waals surface area contributed by atoms with Crippen molar-refractivity contribution < 1.29 is 9.84 Å². The number of aliphatic hydroxyl groups excluding tert-OH is 1. The van der Waals surface area contributed by atoms with Crippen molar-refractivity contribution in [1.29, 1.82) is 0 Å². The fourth-order valence-electron chi connectivity index (χ4n) is 2.25. The molecule has 2 unspecified atom stereocenters. The first-order valence-electron chi connectivity index (χ1n) is 5.69. The molecule has 0 amide bonds. The van der Waals surface area contributed by atoms with Crippen LogP contribution < -0.4 is 5.32 Å². The zero-order valence-corrected chi connectivity index (χ0v) is 9.17. The molecule has 84 valence electrons. The molecule has 0 aromatic heterocycles. The van der Waals surface area contributed by atoms with Gasteiger partial charge in [0, 0.05) is 20.3 Å². The standard InChI is InChI=1S/C11H23NO2/c1-14-7-3-6-12-8-10-4-2-5-11(10)9-13/h10-13H,2-9H2,1H3. The van der Waals surface area contributed by atoms with Crippen molar-refractivity contribution in [2.75, 3.05) is 33.4 Å². The fraction of sp³-hybridized carbons (Fsp3) is 1.00. The molecule has 0 bridgehead atoms. The van der Waals surface area contributed by atoms with Crippen LogP contribution in [0.2, 0.25) is 0 Å². The lowest BCUT2D eigenvalue weighted by atomic mass is 9.97. The average molecular weight is 201 g/mol. The average Bonchev–Trinajstić information content (AvgIpc) is 2.65. The summed E-state index contributed by atoms with van der Waals surface area (Å²) in [5, 5.41) is 12.6. The van der Waals surface area contributed by atoms with Crippen LogP contribution in [0.4, 0.5) is 0 Å². The second-order valence-electron chi connectivity index (χ2n) is 4.18. The van der Waals surface area contributed by atoms with Crippen LogP contribution in [0.3, 0.4) is 0 Å². The Labute approximate surface area is 86.8 Å². The smallest absolute Gasteiger partial charge is 0.0474 e. The van der Waals surface area contributed by atoms with Crippen molar-refractivity contribution in [2.45, 2.75) is 25.7 Å². The van der Waals surface area contributed by atoms with Gasteiger partial charge in [-0.25, -0.2) is 0 Å². The minimum absolute atomic E-state index is 0.365. The number of ether oxygens (including phenoxy) is 1. The van der Waals surface area contributed by atoms with Gasteiger partial charge in [-0.3, -0.25) is 0 Å². The largest absolute Gasteiger partial charge is 0.396 e. The van der Waals surface area contributed by atoms with Crippen molar-refractivity contribution in [3.63, 3.8) is 0 Å². The van der Waals surface area contributed by atoms with Crippen LogP contribution >= 0.6 is 0 Å². The van der Waals surface area contributed by atoms with E-state index in [1.54, 1.807) is 7.11 Å². The zero-order valence-electron chi connectivity index (χ0n) is 9.17. The first kappa shape index (κ1) is 12.0. The highest BCUT2D eigenvalue weighted by Crippen LogP contribution is 2.30. The summed E-state index contributed by atoms with van der Waals surface area (Å²) in [7, 11) is 1.73. The van der Waals surface area contributed by atoms with Crippen LogP contribution in [0.5, 0.6) is 0 Å². The van der Waals surface area contributed by atoms with Crippen LogP contribution in [0.15, 0.2) is 0 Å². The summed E-state index contributed by atoms with van der Waals surface area (Å²) >= 11 is 0. The lowest BCUT2D eigenvalue weighted by Crippen LogP contribution is -2.27. The molecule has 1 rings (SSSR count). The maximum absolute atomic E-state index is 9.13. The van der Waals surface area contributed by atoms with Gasteiger partial charge in [-0.2, -0.15) is 0 Å². The third kappa shape index (κ3) is 3.95. The molecule has 0 radical (unpaired) electrons. The number of rotatable bonds is 7. The number of hydrogen-bond donors (Lipinski definition) is 2. The van der Waals surface area contributed by atoms with Gasteiger partial charge in [-0.1, -0.05) is 6.42 Å². The molecule has 0 aliphatic heterocycles. The quantitative estimate of drug-likeness (QED) is 0.604. The first-order chi connectivity index (χ1) is 6.88. The molecule has 1 aliphatic carbocycles. The number of methoxy groups -OCH3 is 1. The number of nitrogens with one attached hydrogen (secondary N) is 1. The van der Waals surface area contributed by atoms with Gasteiger partial charge in [-0.15, -0.1) is 0 Å². The summed E-state index contributed by atoms with van der Waals surface area (Å²) in [4.78, 5) is 0. The third-order valence-electron chi connectivity index (χ3n) is 3.16. The van der Waals surface area contributed by atoms with Crippen LogP contribution in [-0.2, 0) is 4.74 Å². The van der Waals surface area contributed by atoms with Gasteiger partial charge >= 0.3 is 0 Å². The van der Waals surface area contributed by atoms with Crippen LogP contribution in [-0.4, -0.2) is 38.5 Å². The van der Waals surface area contributed by atoms with E-state index < -0.39 is 0 Å². The predicted molar refractivity (Wildman–Crippen MR) is 57.3 cm³/mol. The normalized spacial score (nSPS) is 27.0. The van der Waals surface area contributed by atoms with Crippen LogP contribution in [0, 0.1) is 11.8 Å². The molecule has 0 aromatic rings. The van der Waals surface area contributed by atoms with Crippen LogP contribution in [0.25, 0.3) is 0 Å². The lowest BCUT2D eigenvalue weighted by Gasteiger charge is -2.17. The lowest BCUT2D eigenvalue weighted by molar-refractivity contribution is 0.184. The predicted octanol–water partition coefficient (Wildman–Crippen LogP) is 1.02. The van der Waals surface area contributed by atoms with E-state index in [9.17, 15) is 0 Å². The van der Waals surface area contributed by atoms with E-state index in [0.717, 1.165) is 26.1 Å². The van der Waals surface area contributed by atoms with E-state index in [0.29, 0.717) is 18.4 Å². The Hall–Kier alpha value is -0.120. The van der Waals surface area contributed by atoms with Crippen molar-refractivity contribution in [3.05, 3.63) is 0 Å². The first-order valence-corrected chi connectivity index (χ1v) is 5.69. The minimum atomic E-state index is 0.365. The number of aliphatic hydroxyl groups is 1. The maximum atomic E-state index is 9.13. The fourth-order valence-corrected chi connectivity index (χ4v) is 2.25. The highest BCUT2D eigenvalue weighted by atomic mass is 16.5. The van der Waals surface area contributed by atoms with Crippen LogP contribution in [0.1, 0.15) is 25.7 Å². The van der Waals surface area contributed by atoms with Gasteiger partial charge < -0.3 is 15.2 Å². The molecular weight excluding hydrogens is 178 g/mol. The van der Waals surface area contributed by atoms with E-state index in [1.165, 1.54) is 19.3 Å². The molecule has 14 heavy (non-hydrogen) atoms. The second-order valence-corrected chi connectivity index (χ2v) is 4.18. The van der Waals surface area contributed by atoms with Gasteiger partial charge in [0.05, 0.1) is 0 Å². The van der Waals surface area contributed by atoms with E-state index >= 15 is 0 Å². The summed E-state index contributed by atoms with van der Waals surface area (Å²) in [6, 6.07) is 0. The maximum Gasteiger partial charge on any atom is 0.0474 e. The molecular formula is C11H23NO2. The van der Waals surface area contributed by atoms with E-state index in [-0.39, 0.29) is 0 Å². The summed E-state index contributed by atoms with van der Waals surface area (Å²) in [6.07, 6.45) is 4.85. The SMILES string of the molecule is COCCCNCC1CCCC1CO. The van der Waals surface area contributed by atoms with Crippen molar-refractivity contribution in [3.8, 4) is 0 Å². The molecule has 3 nitrogen and oxygen atoms in total. The second kappa shape index (κ2) is 7.21. The zero-order chi connectivity index (χ0) is 10.2. The summed E-state index contributed by atoms with van der Waals surface area (Å²) in [6.45, 7) is 3.29. The summed E-state index contributed by atoms with van der Waals surface area (Å²) in [5.74, 6) is 1.24. The van der Waals surface area contributed by atoms with Gasteiger partial charge in [0.25, 0.3) is 0 Å². The molecule has 3 heteroatoms. The van der Waals surface area contributed by atoms with Gasteiger partial charge in [0.15, 0.2) is 0 Å².